The van der Waals surface area contributed by atoms with Crippen molar-refractivity contribution in [3.8, 4) is 11.5 Å². The molecule has 0 radical (unpaired) electrons. The van der Waals surface area contributed by atoms with Crippen LogP contribution in [0.25, 0.3) is 0 Å². The van der Waals surface area contributed by atoms with Crippen LogP contribution in [0.4, 0.5) is 16.2 Å². The molecule has 0 fully saturated rings. The molecule has 170 valence electrons. The maximum Gasteiger partial charge on any atom is 0.513 e. The Morgan fingerprint density at radius 2 is 1.45 bits per heavy atom. The summed E-state index contributed by atoms with van der Waals surface area (Å²) < 4.78 is 14.8. The van der Waals surface area contributed by atoms with Crippen LogP contribution in [0.5, 0.6) is 11.5 Å². The number of carbonyl (C=O) groups excluding carboxylic acids is 3. The predicted molar refractivity (Wildman–Crippen MR) is 124 cm³/mol. The van der Waals surface area contributed by atoms with Crippen molar-refractivity contribution >= 4 is 29.3 Å². The number of ether oxygens (including phenoxy) is 3. The molecule has 3 rings (SSSR count). The first kappa shape index (κ1) is 23.3. The molecule has 3 aromatic rings. The van der Waals surface area contributed by atoms with Gasteiger partial charge >= 0.3 is 6.16 Å². The molecular weight excluding hydrogens is 424 g/mol. The van der Waals surface area contributed by atoms with E-state index in [4.69, 9.17) is 14.2 Å². The number of amides is 2. The maximum atomic E-state index is 12.5. The Morgan fingerprint density at radius 1 is 0.818 bits per heavy atom. The summed E-state index contributed by atoms with van der Waals surface area (Å²) in [6.07, 6.45) is -0.596. The largest absolute Gasteiger partial charge is 0.513 e. The van der Waals surface area contributed by atoms with Crippen molar-refractivity contribution in [1.29, 1.82) is 0 Å². The summed E-state index contributed by atoms with van der Waals surface area (Å²) >= 11 is 0. The van der Waals surface area contributed by atoms with E-state index in [0.717, 1.165) is 11.3 Å². The van der Waals surface area contributed by atoms with E-state index in [2.05, 4.69) is 10.6 Å². The van der Waals surface area contributed by atoms with Gasteiger partial charge in [-0.05, 0) is 67.1 Å². The molecule has 8 nitrogen and oxygen atoms in total. The van der Waals surface area contributed by atoms with Gasteiger partial charge in [0.1, 0.15) is 11.5 Å². The highest BCUT2D eigenvalue weighted by molar-refractivity contribution is 6.04. The number of carbonyl (C=O) groups is 3. The molecule has 33 heavy (non-hydrogen) atoms. The minimum absolute atomic E-state index is 0.180. The van der Waals surface area contributed by atoms with Crippen molar-refractivity contribution in [3.63, 3.8) is 0 Å². The predicted octanol–water partition coefficient (Wildman–Crippen LogP) is 4.66. The van der Waals surface area contributed by atoms with Gasteiger partial charge in [0.25, 0.3) is 5.91 Å². The Balaban J connectivity index is 1.57. The van der Waals surface area contributed by atoms with Crippen LogP contribution in [0.15, 0.2) is 72.8 Å². The summed E-state index contributed by atoms with van der Waals surface area (Å²) in [5.41, 5.74) is 2.31. The average Bonchev–Trinajstić information content (AvgIpc) is 2.80. The molecule has 0 spiro atoms. The van der Waals surface area contributed by atoms with Crippen LogP contribution in [0.1, 0.15) is 22.8 Å². The molecule has 0 saturated carbocycles. The van der Waals surface area contributed by atoms with E-state index in [1.807, 2.05) is 12.1 Å². The van der Waals surface area contributed by atoms with Crippen LogP contribution < -0.4 is 20.1 Å². The van der Waals surface area contributed by atoms with E-state index >= 15 is 0 Å². The fraction of sp³-hybridized carbons (Fsp3) is 0.160. The van der Waals surface area contributed by atoms with Crippen molar-refractivity contribution in [1.82, 2.24) is 0 Å². The SMILES string of the molecule is CCOC(=O)Oc1ccc(C(=O)Nc2cccc(NC(=O)Cc3ccc(OC)cc3)c2)cc1. The Hall–Kier alpha value is -4.33. The van der Waals surface area contributed by atoms with Crippen LogP contribution >= 0.6 is 0 Å². The lowest BCUT2D eigenvalue weighted by Gasteiger charge is -2.10. The van der Waals surface area contributed by atoms with Crippen LogP contribution in [-0.4, -0.2) is 31.7 Å². The molecule has 0 unspecified atom stereocenters. The first-order valence-electron chi connectivity index (χ1n) is 10.3. The Kier molecular flexibility index (Phi) is 8.02. The molecule has 0 heterocycles. The smallest absolute Gasteiger partial charge is 0.497 e. The summed E-state index contributed by atoms with van der Waals surface area (Å²) in [6.45, 7) is 1.89. The molecule has 0 aliphatic carbocycles. The quantitative estimate of drug-likeness (QED) is 0.384. The number of anilines is 2. The molecule has 8 heteroatoms. The lowest BCUT2D eigenvalue weighted by atomic mass is 10.1. The van der Waals surface area contributed by atoms with Crippen LogP contribution in [-0.2, 0) is 16.0 Å². The topological polar surface area (TPSA) is 103 Å². The van der Waals surface area contributed by atoms with E-state index in [-0.39, 0.29) is 30.6 Å². The molecular formula is C25H24N2O6. The van der Waals surface area contributed by atoms with Gasteiger partial charge in [-0.1, -0.05) is 18.2 Å². The zero-order chi connectivity index (χ0) is 23.6. The van der Waals surface area contributed by atoms with Gasteiger partial charge in [-0.25, -0.2) is 4.79 Å². The standard InChI is InChI=1S/C25H24N2O6/c1-3-32-25(30)33-22-13-9-18(10-14-22)24(29)27-20-6-4-5-19(16-20)26-23(28)15-17-7-11-21(31-2)12-8-17/h4-14,16H,3,15H2,1-2H3,(H,26,28)(H,27,29). The van der Waals surface area contributed by atoms with E-state index in [0.29, 0.717) is 16.9 Å². The molecule has 2 N–H and O–H groups in total. The first-order chi connectivity index (χ1) is 16.0. The highest BCUT2D eigenvalue weighted by Crippen LogP contribution is 2.19. The number of nitrogens with one attached hydrogen (secondary N) is 2. The summed E-state index contributed by atoms with van der Waals surface area (Å²) in [7, 11) is 1.59. The lowest BCUT2D eigenvalue weighted by Crippen LogP contribution is -2.15. The van der Waals surface area contributed by atoms with Gasteiger partial charge in [-0.15, -0.1) is 0 Å². The Morgan fingerprint density at radius 3 is 2.09 bits per heavy atom. The third-order valence-electron chi connectivity index (χ3n) is 4.51. The highest BCUT2D eigenvalue weighted by Gasteiger charge is 2.10. The maximum absolute atomic E-state index is 12.5. The van der Waals surface area contributed by atoms with E-state index in [1.54, 1.807) is 50.4 Å². The van der Waals surface area contributed by atoms with Crippen LogP contribution in [0.3, 0.4) is 0 Å². The van der Waals surface area contributed by atoms with Crippen molar-refractivity contribution in [2.75, 3.05) is 24.4 Å². The molecule has 2 amide bonds. The van der Waals surface area contributed by atoms with E-state index in [9.17, 15) is 14.4 Å². The lowest BCUT2D eigenvalue weighted by molar-refractivity contribution is -0.115. The first-order valence-corrected chi connectivity index (χ1v) is 10.3. The summed E-state index contributed by atoms with van der Waals surface area (Å²) in [6, 6.07) is 20.2. The molecule has 0 atom stereocenters. The van der Waals surface area contributed by atoms with Crippen molar-refractivity contribution in [2.45, 2.75) is 13.3 Å². The summed E-state index contributed by atoms with van der Waals surface area (Å²) in [5.74, 6) is 0.468. The summed E-state index contributed by atoms with van der Waals surface area (Å²) in [5, 5.41) is 5.60. The third-order valence-corrected chi connectivity index (χ3v) is 4.51. The number of rotatable bonds is 8. The van der Waals surface area contributed by atoms with Crippen molar-refractivity contribution in [2.24, 2.45) is 0 Å². The second kappa shape index (κ2) is 11.3. The van der Waals surface area contributed by atoms with E-state index < -0.39 is 6.16 Å². The number of methoxy groups -OCH3 is 1. The van der Waals surface area contributed by atoms with Gasteiger partial charge in [-0.3, -0.25) is 9.59 Å². The normalized spacial score (nSPS) is 10.1. The minimum Gasteiger partial charge on any atom is -0.497 e. The molecule has 0 aliphatic heterocycles. The zero-order valence-corrected chi connectivity index (χ0v) is 18.3. The zero-order valence-electron chi connectivity index (χ0n) is 18.3. The molecule has 3 aromatic carbocycles. The number of benzene rings is 3. The summed E-state index contributed by atoms with van der Waals surface area (Å²) in [4.78, 5) is 36.3. The number of hydrogen-bond donors (Lipinski definition) is 2. The third kappa shape index (κ3) is 7.10. The highest BCUT2D eigenvalue weighted by atomic mass is 16.7. The molecule has 0 aromatic heterocycles. The van der Waals surface area contributed by atoms with Gasteiger partial charge in [-0.2, -0.15) is 0 Å². The molecule has 0 saturated heterocycles. The molecule has 0 aliphatic rings. The average molecular weight is 448 g/mol. The van der Waals surface area contributed by atoms with Gasteiger partial charge in [0.05, 0.1) is 20.1 Å². The monoisotopic (exact) mass is 448 g/mol. The fourth-order valence-electron chi connectivity index (χ4n) is 2.93. The Labute approximate surface area is 191 Å². The van der Waals surface area contributed by atoms with E-state index in [1.165, 1.54) is 24.3 Å². The van der Waals surface area contributed by atoms with Crippen LogP contribution in [0.2, 0.25) is 0 Å². The minimum atomic E-state index is -0.805. The van der Waals surface area contributed by atoms with Gasteiger partial charge in [0, 0.05) is 16.9 Å². The Bertz CT molecular complexity index is 1110. The van der Waals surface area contributed by atoms with Crippen molar-refractivity contribution < 1.29 is 28.6 Å². The van der Waals surface area contributed by atoms with Crippen molar-refractivity contribution in [3.05, 3.63) is 83.9 Å². The second-order valence-electron chi connectivity index (χ2n) is 6.92. The fourth-order valence-corrected chi connectivity index (χ4v) is 2.93. The van der Waals surface area contributed by atoms with Gasteiger partial charge in [0.2, 0.25) is 5.91 Å². The van der Waals surface area contributed by atoms with Gasteiger partial charge in [0.15, 0.2) is 0 Å². The van der Waals surface area contributed by atoms with Crippen LogP contribution in [0, 0.1) is 0 Å². The van der Waals surface area contributed by atoms with Gasteiger partial charge < -0.3 is 24.8 Å². The number of hydrogen-bond acceptors (Lipinski definition) is 6. The molecule has 0 bridgehead atoms. The second-order valence-corrected chi connectivity index (χ2v) is 6.92.